The second-order valence-electron chi connectivity index (χ2n) is 5.70. The first-order chi connectivity index (χ1) is 9.86. The van der Waals surface area contributed by atoms with Crippen LogP contribution in [-0.2, 0) is 0 Å². The fourth-order valence-corrected chi connectivity index (χ4v) is 2.82. The van der Waals surface area contributed by atoms with Crippen LogP contribution < -0.4 is 15.0 Å². The minimum atomic E-state index is 0.641. The van der Waals surface area contributed by atoms with Crippen molar-refractivity contribution in [2.45, 2.75) is 38.6 Å². The van der Waals surface area contributed by atoms with Gasteiger partial charge in [-0.15, -0.1) is 0 Å². The molecule has 3 rings (SSSR count). The van der Waals surface area contributed by atoms with E-state index in [1.165, 1.54) is 25.7 Å². The average molecular weight is 276 g/mol. The summed E-state index contributed by atoms with van der Waals surface area (Å²) in [6.45, 7) is 6.00. The molecule has 1 aliphatic carbocycles. The molecule has 0 radical (unpaired) electrons. The highest BCUT2D eigenvalue weighted by molar-refractivity contribution is 5.36. The van der Waals surface area contributed by atoms with Gasteiger partial charge in [-0.25, -0.2) is 4.98 Å². The van der Waals surface area contributed by atoms with Gasteiger partial charge in [0.15, 0.2) is 0 Å². The normalized spacial score (nSPS) is 19.9. The van der Waals surface area contributed by atoms with E-state index < -0.39 is 0 Å². The molecule has 1 N–H and O–H groups in total. The summed E-state index contributed by atoms with van der Waals surface area (Å²) in [7, 11) is 0. The maximum atomic E-state index is 5.50. The number of rotatable bonds is 6. The summed E-state index contributed by atoms with van der Waals surface area (Å²) in [5.74, 6) is 2.29. The van der Waals surface area contributed by atoms with Crippen LogP contribution in [-0.4, -0.2) is 42.3 Å². The number of nitrogens with one attached hydrogen (secondary N) is 1. The Hall–Kier alpha value is -1.36. The predicted molar refractivity (Wildman–Crippen MR) is 79.2 cm³/mol. The van der Waals surface area contributed by atoms with Gasteiger partial charge in [0.05, 0.1) is 6.61 Å². The summed E-state index contributed by atoms with van der Waals surface area (Å²) in [5, 5.41) is 3.43. The number of piperidine rings is 1. The molecule has 5 heteroatoms. The van der Waals surface area contributed by atoms with Gasteiger partial charge in [0.1, 0.15) is 0 Å². The van der Waals surface area contributed by atoms with Crippen LogP contribution in [0.2, 0.25) is 0 Å². The Morgan fingerprint density at radius 3 is 2.80 bits per heavy atom. The molecule has 1 aromatic rings. The zero-order valence-corrected chi connectivity index (χ0v) is 12.2. The first-order valence-electron chi connectivity index (χ1n) is 7.80. The van der Waals surface area contributed by atoms with Gasteiger partial charge in [-0.3, -0.25) is 0 Å². The number of ether oxygens (including phenoxy) is 1. The minimum Gasteiger partial charge on any atom is -0.478 e. The van der Waals surface area contributed by atoms with Crippen molar-refractivity contribution in [1.82, 2.24) is 15.3 Å². The molecule has 2 aliphatic rings. The van der Waals surface area contributed by atoms with E-state index in [0.717, 1.165) is 31.5 Å². The van der Waals surface area contributed by atoms with E-state index in [4.69, 9.17) is 4.74 Å². The van der Waals surface area contributed by atoms with Gasteiger partial charge >= 0.3 is 0 Å². The average Bonchev–Trinajstić information content (AvgIpc) is 3.31. The molecule has 2 fully saturated rings. The molecule has 0 unspecified atom stereocenters. The molecule has 110 valence electrons. The number of hydrogen-bond donors (Lipinski definition) is 1. The van der Waals surface area contributed by atoms with Crippen LogP contribution in [0.25, 0.3) is 0 Å². The lowest BCUT2D eigenvalue weighted by atomic mass is 9.97. The highest BCUT2D eigenvalue weighted by atomic mass is 16.5. The maximum Gasteiger partial charge on any atom is 0.228 e. The first kappa shape index (κ1) is 13.6. The smallest absolute Gasteiger partial charge is 0.228 e. The third-order valence-electron chi connectivity index (χ3n) is 4.07. The quantitative estimate of drug-likeness (QED) is 0.859. The van der Waals surface area contributed by atoms with Gasteiger partial charge in [-0.05, 0) is 51.6 Å². The molecule has 1 aliphatic heterocycles. The van der Waals surface area contributed by atoms with E-state index in [0.29, 0.717) is 18.5 Å². The van der Waals surface area contributed by atoms with Crippen LogP contribution in [0.1, 0.15) is 32.6 Å². The Morgan fingerprint density at radius 1 is 1.30 bits per heavy atom. The van der Waals surface area contributed by atoms with Crippen molar-refractivity contribution < 1.29 is 4.74 Å². The van der Waals surface area contributed by atoms with E-state index in [1.807, 2.05) is 19.2 Å². The highest BCUT2D eigenvalue weighted by Gasteiger charge is 2.32. The number of aromatic nitrogens is 2. The molecule has 0 atom stereocenters. The minimum absolute atomic E-state index is 0.641. The van der Waals surface area contributed by atoms with E-state index in [-0.39, 0.29) is 0 Å². The van der Waals surface area contributed by atoms with Gasteiger partial charge in [0.2, 0.25) is 11.8 Å². The summed E-state index contributed by atoms with van der Waals surface area (Å²) in [5.41, 5.74) is 0. The summed E-state index contributed by atoms with van der Waals surface area (Å²) in [6.07, 6.45) is 6.87. The van der Waals surface area contributed by atoms with Crippen molar-refractivity contribution in [1.29, 1.82) is 0 Å². The van der Waals surface area contributed by atoms with Crippen molar-refractivity contribution >= 4 is 5.95 Å². The molecular weight excluding hydrogens is 252 g/mol. The Labute approximate surface area is 120 Å². The lowest BCUT2D eigenvalue weighted by molar-refractivity contribution is 0.325. The van der Waals surface area contributed by atoms with Gasteiger partial charge in [-0.2, -0.15) is 4.98 Å². The molecule has 1 saturated carbocycles. The zero-order valence-electron chi connectivity index (χ0n) is 12.2. The second-order valence-corrected chi connectivity index (χ2v) is 5.70. The van der Waals surface area contributed by atoms with E-state index in [1.54, 1.807) is 0 Å². The number of hydrogen-bond acceptors (Lipinski definition) is 5. The van der Waals surface area contributed by atoms with E-state index in [2.05, 4.69) is 20.2 Å². The third kappa shape index (κ3) is 3.39. The standard InChI is InChI=1S/C15H24N4O/c1-2-20-14-7-10-17-15(18-14)19(13-3-4-13)11-12-5-8-16-9-6-12/h7,10,12-13,16H,2-6,8-9,11H2,1H3. The molecule has 5 nitrogen and oxygen atoms in total. The Morgan fingerprint density at radius 2 is 2.10 bits per heavy atom. The SMILES string of the molecule is CCOc1ccnc(N(CC2CCNCC2)C2CC2)n1. The van der Waals surface area contributed by atoms with Crippen molar-refractivity contribution in [3.63, 3.8) is 0 Å². The van der Waals surface area contributed by atoms with Crippen LogP contribution in [0, 0.1) is 5.92 Å². The van der Waals surface area contributed by atoms with Gasteiger partial charge in [0.25, 0.3) is 0 Å². The third-order valence-corrected chi connectivity index (χ3v) is 4.07. The van der Waals surface area contributed by atoms with E-state index in [9.17, 15) is 0 Å². The summed E-state index contributed by atoms with van der Waals surface area (Å²) >= 11 is 0. The van der Waals surface area contributed by atoms with E-state index >= 15 is 0 Å². The molecular formula is C15H24N4O. The first-order valence-corrected chi connectivity index (χ1v) is 7.80. The van der Waals surface area contributed by atoms with Crippen molar-refractivity contribution in [2.75, 3.05) is 31.1 Å². The highest BCUT2D eigenvalue weighted by Crippen LogP contribution is 2.32. The van der Waals surface area contributed by atoms with Gasteiger partial charge in [0, 0.05) is 24.8 Å². The molecule has 20 heavy (non-hydrogen) atoms. The van der Waals surface area contributed by atoms with Crippen molar-refractivity contribution in [2.24, 2.45) is 5.92 Å². The fraction of sp³-hybridized carbons (Fsp3) is 0.733. The molecule has 2 heterocycles. The molecule has 1 saturated heterocycles. The number of nitrogens with zero attached hydrogens (tertiary/aromatic N) is 3. The lowest BCUT2D eigenvalue weighted by Crippen LogP contribution is -2.38. The summed E-state index contributed by atoms with van der Waals surface area (Å²) < 4.78 is 5.50. The lowest BCUT2D eigenvalue weighted by Gasteiger charge is -2.30. The Balaban J connectivity index is 1.70. The molecule has 1 aromatic heterocycles. The van der Waals surface area contributed by atoms with Crippen LogP contribution in [0.15, 0.2) is 12.3 Å². The van der Waals surface area contributed by atoms with Crippen LogP contribution in [0.3, 0.4) is 0 Å². The fourth-order valence-electron chi connectivity index (χ4n) is 2.82. The summed E-state index contributed by atoms with van der Waals surface area (Å²) in [6, 6.07) is 2.48. The largest absolute Gasteiger partial charge is 0.478 e. The van der Waals surface area contributed by atoms with Crippen LogP contribution >= 0.6 is 0 Å². The number of anilines is 1. The van der Waals surface area contributed by atoms with Gasteiger partial charge < -0.3 is 15.0 Å². The Kier molecular flexibility index (Phi) is 4.35. The van der Waals surface area contributed by atoms with Crippen molar-refractivity contribution in [3.05, 3.63) is 12.3 Å². The van der Waals surface area contributed by atoms with Crippen LogP contribution in [0.4, 0.5) is 5.95 Å². The van der Waals surface area contributed by atoms with Gasteiger partial charge in [-0.1, -0.05) is 0 Å². The Bertz CT molecular complexity index is 430. The monoisotopic (exact) mass is 276 g/mol. The molecule has 0 aromatic carbocycles. The molecule has 0 amide bonds. The van der Waals surface area contributed by atoms with Crippen molar-refractivity contribution in [3.8, 4) is 5.88 Å². The predicted octanol–water partition coefficient (Wildman–Crippen LogP) is 1.84. The maximum absolute atomic E-state index is 5.50. The summed E-state index contributed by atoms with van der Waals surface area (Å²) in [4.78, 5) is 11.4. The molecule has 0 spiro atoms. The molecule has 0 bridgehead atoms. The van der Waals surface area contributed by atoms with Crippen LogP contribution in [0.5, 0.6) is 5.88 Å². The zero-order chi connectivity index (χ0) is 13.8. The second kappa shape index (κ2) is 6.39. The topological polar surface area (TPSA) is 50.3 Å².